The summed E-state index contributed by atoms with van der Waals surface area (Å²) in [5.74, 6) is 0.733. The Balaban J connectivity index is 2.18. The molecule has 0 aliphatic rings. The topological polar surface area (TPSA) is 61.0 Å². The molecule has 5 nitrogen and oxygen atoms in total. The lowest BCUT2D eigenvalue weighted by atomic mass is 10.2. The molecule has 0 radical (unpaired) electrons. The molecule has 0 spiro atoms. The fourth-order valence-electron chi connectivity index (χ4n) is 2.13. The molecule has 0 amide bonds. The van der Waals surface area contributed by atoms with Crippen LogP contribution in [0.3, 0.4) is 0 Å². The molecule has 1 heterocycles. The molecule has 3 aromatic rings. The molecule has 0 unspecified atom stereocenters. The molecule has 0 fully saturated rings. The van der Waals surface area contributed by atoms with Crippen LogP contribution >= 0.6 is 15.9 Å². The Bertz CT molecular complexity index is 800. The van der Waals surface area contributed by atoms with Gasteiger partial charge in [-0.3, -0.25) is 14.7 Å². The number of imidazole rings is 1. The summed E-state index contributed by atoms with van der Waals surface area (Å²) in [6, 6.07) is 14.6. The van der Waals surface area contributed by atoms with Gasteiger partial charge < -0.3 is 0 Å². The van der Waals surface area contributed by atoms with Crippen molar-refractivity contribution in [2.45, 2.75) is 0 Å². The third-order valence-electron chi connectivity index (χ3n) is 3.09. The van der Waals surface area contributed by atoms with E-state index in [4.69, 9.17) is 0 Å². The van der Waals surface area contributed by atoms with Crippen LogP contribution in [0, 0.1) is 10.1 Å². The van der Waals surface area contributed by atoms with Gasteiger partial charge in [0.25, 0.3) is 5.69 Å². The Kier molecular flexibility index (Phi) is 3.53. The van der Waals surface area contributed by atoms with Gasteiger partial charge in [0, 0.05) is 24.0 Å². The van der Waals surface area contributed by atoms with Gasteiger partial charge in [-0.15, -0.1) is 0 Å². The van der Waals surface area contributed by atoms with Gasteiger partial charge in [-0.2, -0.15) is 0 Å². The second-order valence-corrected chi connectivity index (χ2v) is 5.15. The molecule has 6 heteroatoms. The third-order valence-corrected chi connectivity index (χ3v) is 3.90. The second-order valence-electron chi connectivity index (χ2n) is 4.35. The molecule has 0 saturated heterocycles. The Morgan fingerprint density at radius 1 is 1.10 bits per heavy atom. The average Bonchev–Trinajstić information content (AvgIpc) is 2.97. The van der Waals surface area contributed by atoms with E-state index >= 15 is 0 Å². The van der Waals surface area contributed by atoms with Crippen molar-refractivity contribution in [1.82, 2.24) is 9.55 Å². The summed E-state index contributed by atoms with van der Waals surface area (Å²) >= 11 is 3.32. The summed E-state index contributed by atoms with van der Waals surface area (Å²) in [6.07, 6.45) is 3.46. The van der Waals surface area contributed by atoms with Crippen molar-refractivity contribution in [2.75, 3.05) is 0 Å². The lowest BCUT2D eigenvalue weighted by Gasteiger charge is -2.10. The standard InChI is InChI=1S/C15H10BrN3O2/c16-14-12(7-4-8-13(14)19(20)21)18-10-9-17-15(18)11-5-2-1-3-6-11/h1-10H. The number of hydrogen-bond acceptors (Lipinski definition) is 3. The Morgan fingerprint density at radius 2 is 1.86 bits per heavy atom. The maximum atomic E-state index is 11.0. The maximum absolute atomic E-state index is 11.0. The largest absolute Gasteiger partial charge is 0.298 e. The molecular formula is C15H10BrN3O2. The van der Waals surface area contributed by atoms with Crippen molar-refractivity contribution < 1.29 is 4.92 Å². The predicted octanol–water partition coefficient (Wildman–Crippen LogP) is 4.21. The van der Waals surface area contributed by atoms with E-state index in [0.29, 0.717) is 10.2 Å². The highest BCUT2D eigenvalue weighted by Crippen LogP contribution is 2.33. The summed E-state index contributed by atoms with van der Waals surface area (Å²) in [5, 5.41) is 11.0. The highest BCUT2D eigenvalue weighted by Gasteiger charge is 2.18. The number of rotatable bonds is 3. The summed E-state index contributed by atoms with van der Waals surface area (Å²) in [7, 11) is 0. The first-order chi connectivity index (χ1) is 10.2. The van der Waals surface area contributed by atoms with Crippen LogP contribution < -0.4 is 0 Å². The van der Waals surface area contributed by atoms with Crippen molar-refractivity contribution in [3.63, 3.8) is 0 Å². The van der Waals surface area contributed by atoms with E-state index in [1.165, 1.54) is 6.07 Å². The normalized spacial score (nSPS) is 10.5. The molecule has 104 valence electrons. The van der Waals surface area contributed by atoms with Gasteiger partial charge in [0.1, 0.15) is 10.3 Å². The molecule has 3 rings (SSSR count). The fourth-order valence-corrected chi connectivity index (χ4v) is 2.73. The van der Waals surface area contributed by atoms with Gasteiger partial charge in [0.05, 0.1) is 10.6 Å². The van der Waals surface area contributed by atoms with E-state index < -0.39 is 4.92 Å². The Labute approximate surface area is 129 Å². The first-order valence-corrected chi connectivity index (χ1v) is 7.00. The smallest absolute Gasteiger partial charge is 0.285 e. The summed E-state index contributed by atoms with van der Waals surface area (Å²) in [4.78, 5) is 15.0. The number of nitrogens with zero attached hydrogens (tertiary/aromatic N) is 3. The van der Waals surface area contributed by atoms with Crippen molar-refractivity contribution in [3.8, 4) is 17.1 Å². The molecule has 21 heavy (non-hydrogen) atoms. The molecular weight excluding hydrogens is 334 g/mol. The molecule has 0 bridgehead atoms. The molecule has 2 aromatic carbocycles. The van der Waals surface area contributed by atoms with Crippen molar-refractivity contribution in [1.29, 1.82) is 0 Å². The molecule has 0 aliphatic heterocycles. The van der Waals surface area contributed by atoms with Crippen LogP contribution in [0.25, 0.3) is 17.1 Å². The number of nitro benzene ring substituents is 1. The van der Waals surface area contributed by atoms with E-state index in [-0.39, 0.29) is 5.69 Å². The van der Waals surface area contributed by atoms with Crippen molar-refractivity contribution in [2.24, 2.45) is 0 Å². The SMILES string of the molecule is O=[N+]([O-])c1cccc(-n2ccnc2-c2ccccc2)c1Br. The second kappa shape index (κ2) is 5.49. The zero-order chi connectivity index (χ0) is 14.8. The summed E-state index contributed by atoms with van der Waals surface area (Å²) < 4.78 is 2.26. The van der Waals surface area contributed by atoms with Crippen LogP contribution in [0.5, 0.6) is 0 Å². The summed E-state index contributed by atoms with van der Waals surface area (Å²) in [5.41, 5.74) is 1.65. The van der Waals surface area contributed by atoms with E-state index in [1.54, 1.807) is 18.5 Å². The summed E-state index contributed by atoms with van der Waals surface area (Å²) in [6.45, 7) is 0. The van der Waals surface area contributed by atoms with Gasteiger partial charge >= 0.3 is 0 Å². The quantitative estimate of drug-likeness (QED) is 0.528. The first kappa shape index (κ1) is 13.5. The van der Waals surface area contributed by atoms with Gasteiger partial charge in [0.15, 0.2) is 0 Å². The average molecular weight is 344 g/mol. The fraction of sp³-hybridized carbons (Fsp3) is 0. The number of nitro groups is 1. The number of benzene rings is 2. The van der Waals surface area contributed by atoms with E-state index in [1.807, 2.05) is 41.0 Å². The van der Waals surface area contributed by atoms with Crippen LogP contribution in [0.1, 0.15) is 0 Å². The van der Waals surface area contributed by atoms with E-state index in [9.17, 15) is 10.1 Å². The minimum atomic E-state index is -0.410. The monoisotopic (exact) mass is 343 g/mol. The molecule has 0 saturated carbocycles. The van der Waals surface area contributed by atoms with Crippen LogP contribution in [0.15, 0.2) is 65.4 Å². The predicted molar refractivity (Wildman–Crippen MR) is 83.4 cm³/mol. The van der Waals surface area contributed by atoms with E-state index in [2.05, 4.69) is 20.9 Å². The lowest BCUT2D eigenvalue weighted by Crippen LogP contribution is -1.99. The zero-order valence-electron chi connectivity index (χ0n) is 10.8. The highest BCUT2D eigenvalue weighted by molar-refractivity contribution is 9.10. The highest BCUT2D eigenvalue weighted by atomic mass is 79.9. The van der Waals surface area contributed by atoms with Gasteiger partial charge in [0.2, 0.25) is 0 Å². The van der Waals surface area contributed by atoms with Gasteiger partial charge in [-0.25, -0.2) is 4.98 Å². The van der Waals surface area contributed by atoms with Crippen LogP contribution in [-0.4, -0.2) is 14.5 Å². The van der Waals surface area contributed by atoms with E-state index in [0.717, 1.165) is 11.4 Å². The molecule has 0 aliphatic carbocycles. The third kappa shape index (κ3) is 2.45. The molecule has 0 atom stereocenters. The first-order valence-electron chi connectivity index (χ1n) is 6.20. The maximum Gasteiger partial charge on any atom is 0.285 e. The Hall–Kier alpha value is -2.47. The van der Waals surface area contributed by atoms with Crippen LogP contribution in [0.2, 0.25) is 0 Å². The lowest BCUT2D eigenvalue weighted by molar-refractivity contribution is -0.385. The molecule has 0 N–H and O–H groups in total. The van der Waals surface area contributed by atoms with Gasteiger partial charge in [-0.05, 0) is 22.0 Å². The van der Waals surface area contributed by atoms with Crippen LogP contribution in [-0.2, 0) is 0 Å². The number of halogens is 1. The number of aromatic nitrogens is 2. The minimum absolute atomic E-state index is 0.0280. The molecule has 1 aromatic heterocycles. The minimum Gasteiger partial charge on any atom is -0.298 e. The number of hydrogen-bond donors (Lipinski definition) is 0. The Morgan fingerprint density at radius 3 is 2.57 bits per heavy atom. The zero-order valence-corrected chi connectivity index (χ0v) is 12.4. The van der Waals surface area contributed by atoms with Crippen LogP contribution in [0.4, 0.5) is 5.69 Å². The van der Waals surface area contributed by atoms with Crippen molar-refractivity contribution >= 4 is 21.6 Å². The van der Waals surface area contributed by atoms with Gasteiger partial charge in [-0.1, -0.05) is 36.4 Å². The van der Waals surface area contributed by atoms with Crippen molar-refractivity contribution in [3.05, 3.63) is 75.5 Å².